The molecule has 1 rings (SSSR count). The lowest BCUT2D eigenvalue weighted by Gasteiger charge is -2.00. The third kappa shape index (κ3) is 4.88. The number of allylic oxidation sites excluding steroid dienone is 4. The monoisotopic (exact) mass is 223 g/mol. The first kappa shape index (κ1) is 12.1. The first-order valence-corrected chi connectivity index (χ1v) is 6.18. The summed E-state index contributed by atoms with van der Waals surface area (Å²) in [6.45, 7) is 6.45. The molecule has 0 amide bonds. The van der Waals surface area contributed by atoms with E-state index in [1.807, 2.05) is 18.2 Å². The highest BCUT2D eigenvalue weighted by molar-refractivity contribution is 8.13. The number of unbranched alkanes of at least 4 members (excludes halogenated alkanes) is 1. The molecule has 1 aliphatic rings. The molecule has 0 N–H and O–H groups in total. The highest BCUT2D eigenvalue weighted by Gasteiger charge is 2.12. The molecule has 0 saturated carbocycles. The van der Waals surface area contributed by atoms with E-state index < -0.39 is 0 Å². The van der Waals surface area contributed by atoms with Crippen LogP contribution in [0.1, 0.15) is 19.8 Å². The Balaban J connectivity index is 2.27. The van der Waals surface area contributed by atoms with Gasteiger partial charge in [0.15, 0.2) is 0 Å². The van der Waals surface area contributed by atoms with Crippen molar-refractivity contribution in [1.29, 1.82) is 0 Å². The molecule has 0 saturated heterocycles. The number of rotatable bonds is 5. The number of aliphatic imine (C=N–C) groups is 1. The van der Waals surface area contributed by atoms with Crippen molar-refractivity contribution in [3.05, 3.63) is 36.6 Å². The summed E-state index contributed by atoms with van der Waals surface area (Å²) in [4.78, 5) is 4.30. The highest BCUT2D eigenvalue weighted by atomic mass is 32.2. The van der Waals surface area contributed by atoms with Gasteiger partial charge in [-0.25, -0.2) is 4.99 Å². The van der Waals surface area contributed by atoms with Gasteiger partial charge in [0.05, 0.1) is 0 Å². The molecule has 0 aromatic heterocycles. The normalized spacial score (nSPS) is 18.2. The first-order valence-electron chi connectivity index (χ1n) is 5.20. The molecule has 0 aromatic rings. The third-order valence-corrected chi connectivity index (χ3v) is 2.79. The van der Waals surface area contributed by atoms with Crippen LogP contribution in [0.3, 0.4) is 0 Å². The van der Waals surface area contributed by atoms with Crippen molar-refractivity contribution >= 4 is 17.0 Å². The number of hydrogen-bond donors (Lipinski definition) is 0. The Morgan fingerprint density at radius 2 is 2.40 bits per heavy atom. The first-order chi connectivity index (χ1) is 7.36. The van der Waals surface area contributed by atoms with Crippen LogP contribution in [0.15, 0.2) is 41.6 Å². The summed E-state index contributed by atoms with van der Waals surface area (Å²) in [5.74, 6) is 2.00. The maximum Gasteiger partial charge on any atom is 0.251 e. The Hall–Kier alpha value is -0.960. The molecule has 2 nitrogen and oxygen atoms in total. The molecule has 1 heterocycles. The topological polar surface area (TPSA) is 21.6 Å². The van der Waals surface area contributed by atoms with Gasteiger partial charge in [0, 0.05) is 5.75 Å². The van der Waals surface area contributed by atoms with Crippen molar-refractivity contribution in [1.82, 2.24) is 0 Å². The van der Waals surface area contributed by atoms with E-state index in [2.05, 4.69) is 18.5 Å². The fraction of sp³-hybridized carbons (Fsp3) is 0.417. The second kappa shape index (κ2) is 7.35. The van der Waals surface area contributed by atoms with Gasteiger partial charge in [0.25, 0.3) is 5.23 Å². The number of nitrogens with zero attached hydrogens (tertiary/aromatic N) is 1. The molecular weight excluding hydrogens is 206 g/mol. The molecule has 3 heteroatoms. The second-order valence-electron chi connectivity index (χ2n) is 3.14. The molecule has 82 valence electrons. The van der Waals surface area contributed by atoms with E-state index in [4.69, 9.17) is 4.74 Å². The minimum absolute atomic E-state index is 0.663. The molecule has 1 aliphatic heterocycles. The average molecular weight is 223 g/mol. The lowest BCUT2D eigenvalue weighted by atomic mass is 10.4. The lowest BCUT2D eigenvalue weighted by molar-refractivity contribution is 0.449. The maximum atomic E-state index is 5.54. The summed E-state index contributed by atoms with van der Waals surface area (Å²) in [5.41, 5.74) is 0. The van der Waals surface area contributed by atoms with Crippen molar-refractivity contribution in [3.8, 4) is 0 Å². The molecule has 0 aromatic carbocycles. The van der Waals surface area contributed by atoms with Crippen molar-refractivity contribution < 1.29 is 4.74 Å². The average Bonchev–Trinajstić information content (AvgIpc) is 2.67. The van der Waals surface area contributed by atoms with Gasteiger partial charge in [-0.15, -0.1) is 0 Å². The summed E-state index contributed by atoms with van der Waals surface area (Å²) < 4.78 is 5.54. The minimum atomic E-state index is 0.663. The SMILES string of the molecule is C=C/C=C\C=C1/CN=C(SCCCC)O1. The molecule has 15 heavy (non-hydrogen) atoms. The van der Waals surface area contributed by atoms with Crippen LogP contribution >= 0.6 is 11.8 Å². The van der Waals surface area contributed by atoms with E-state index in [0.29, 0.717) is 6.54 Å². The van der Waals surface area contributed by atoms with Crippen molar-refractivity contribution in [2.24, 2.45) is 4.99 Å². The van der Waals surface area contributed by atoms with Gasteiger partial charge in [-0.05, 0) is 12.5 Å². The van der Waals surface area contributed by atoms with E-state index in [0.717, 1.165) is 16.7 Å². The van der Waals surface area contributed by atoms with Crippen molar-refractivity contribution in [3.63, 3.8) is 0 Å². The Labute approximate surface area is 95.8 Å². The predicted molar refractivity (Wildman–Crippen MR) is 68.2 cm³/mol. The zero-order chi connectivity index (χ0) is 10.9. The van der Waals surface area contributed by atoms with Crippen LogP contribution in [0.4, 0.5) is 0 Å². The van der Waals surface area contributed by atoms with E-state index in [9.17, 15) is 0 Å². The summed E-state index contributed by atoms with van der Waals surface area (Å²) in [5, 5.41) is 0.807. The maximum absolute atomic E-state index is 5.54. The van der Waals surface area contributed by atoms with Crippen LogP contribution in [0.2, 0.25) is 0 Å². The number of thioether (sulfide) groups is 1. The van der Waals surface area contributed by atoms with Crippen LogP contribution in [-0.2, 0) is 4.74 Å². The summed E-state index contributed by atoms with van der Waals surface area (Å²) in [6, 6.07) is 0. The minimum Gasteiger partial charge on any atom is -0.436 e. The third-order valence-electron chi connectivity index (χ3n) is 1.84. The predicted octanol–water partition coefficient (Wildman–Crippen LogP) is 3.53. The van der Waals surface area contributed by atoms with Gasteiger partial charge < -0.3 is 4.74 Å². The smallest absolute Gasteiger partial charge is 0.251 e. The molecule has 0 atom stereocenters. The Morgan fingerprint density at radius 1 is 1.53 bits per heavy atom. The Kier molecular flexibility index (Phi) is 5.93. The van der Waals surface area contributed by atoms with Gasteiger partial charge in [0.2, 0.25) is 0 Å². The standard InChI is InChI=1S/C12H17NOS/c1-3-5-7-8-11-10-13-12(14-11)15-9-6-4-2/h3,5,7-8H,1,4,6,9-10H2,2H3/b7-5-,11-8+. The van der Waals surface area contributed by atoms with E-state index in [1.165, 1.54) is 12.8 Å². The molecule has 0 spiro atoms. The Morgan fingerprint density at radius 3 is 3.13 bits per heavy atom. The van der Waals surface area contributed by atoms with Crippen molar-refractivity contribution in [2.45, 2.75) is 19.8 Å². The number of ether oxygens (including phenoxy) is 1. The molecular formula is C12H17NOS. The summed E-state index contributed by atoms with van der Waals surface area (Å²) in [6.07, 6.45) is 9.88. The summed E-state index contributed by atoms with van der Waals surface area (Å²) in [7, 11) is 0. The van der Waals surface area contributed by atoms with E-state index >= 15 is 0 Å². The lowest BCUT2D eigenvalue weighted by Crippen LogP contribution is -1.93. The van der Waals surface area contributed by atoms with Crippen LogP contribution in [0.5, 0.6) is 0 Å². The van der Waals surface area contributed by atoms with E-state index in [-0.39, 0.29) is 0 Å². The van der Waals surface area contributed by atoms with Gasteiger partial charge in [-0.3, -0.25) is 0 Å². The van der Waals surface area contributed by atoms with Gasteiger partial charge in [-0.1, -0.05) is 49.9 Å². The quantitative estimate of drug-likeness (QED) is 0.525. The zero-order valence-electron chi connectivity index (χ0n) is 9.11. The Bertz CT molecular complexity index is 292. The largest absolute Gasteiger partial charge is 0.436 e. The van der Waals surface area contributed by atoms with Gasteiger partial charge in [0.1, 0.15) is 12.3 Å². The molecule has 0 bridgehead atoms. The van der Waals surface area contributed by atoms with Crippen LogP contribution < -0.4 is 0 Å². The fourth-order valence-electron chi connectivity index (χ4n) is 1.03. The molecule has 0 unspecified atom stereocenters. The fourth-order valence-corrected chi connectivity index (χ4v) is 1.96. The van der Waals surface area contributed by atoms with Crippen LogP contribution in [0.25, 0.3) is 0 Å². The number of hydrogen-bond acceptors (Lipinski definition) is 3. The van der Waals surface area contributed by atoms with Crippen LogP contribution in [-0.4, -0.2) is 17.5 Å². The van der Waals surface area contributed by atoms with E-state index in [1.54, 1.807) is 17.8 Å². The molecule has 0 aliphatic carbocycles. The highest BCUT2D eigenvalue weighted by Crippen LogP contribution is 2.18. The second-order valence-corrected chi connectivity index (χ2v) is 4.19. The zero-order valence-corrected chi connectivity index (χ0v) is 9.93. The van der Waals surface area contributed by atoms with Crippen molar-refractivity contribution in [2.75, 3.05) is 12.3 Å². The van der Waals surface area contributed by atoms with Gasteiger partial charge >= 0.3 is 0 Å². The molecule has 0 fully saturated rings. The van der Waals surface area contributed by atoms with Gasteiger partial charge in [-0.2, -0.15) is 0 Å². The summed E-state index contributed by atoms with van der Waals surface area (Å²) >= 11 is 1.69. The van der Waals surface area contributed by atoms with Crippen LogP contribution in [0, 0.1) is 0 Å². The molecule has 0 radical (unpaired) electrons.